The van der Waals surface area contributed by atoms with E-state index < -0.39 is 0 Å². The topological polar surface area (TPSA) is 48.1 Å². The van der Waals surface area contributed by atoms with Crippen molar-refractivity contribution in [2.75, 3.05) is 6.61 Å². The lowest BCUT2D eigenvalue weighted by molar-refractivity contribution is 0.105. The molecule has 1 aliphatic heterocycles. The van der Waals surface area contributed by atoms with Crippen LogP contribution in [-0.2, 0) is 4.74 Å². The molecule has 1 aliphatic rings. The van der Waals surface area contributed by atoms with Crippen LogP contribution in [0.2, 0.25) is 0 Å². The van der Waals surface area contributed by atoms with E-state index in [-0.39, 0.29) is 18.0 Å². The van der Waals surface area contributed by atoms with Crippen LogP contribution in [0.15, 0.2) is 42.7 Å². The quantitative estimate of drug-likeness (QED) is 0.901. The first kappa shape index (κ1) is 12.3. The minimum Gasteiger partial charge on any atom is -0.372 e. The van der Waals surface area contributed by atoms with E-state index in [1.165, 1.54) is 6.07 Å². The van der Waals surface area contributed by atoms with E-state index in [1.54, 1.807) is 24.5 Å². The Morgan fingerprint density at radius 2 is 2.11 bits per heavy atom. The van der Waals surface area contributed by atoms with Gasteiger partial charge in [0.2, 0.25) is 0 Å². The molecule has 4 heteroatoms. The normalized spacial score (nSPS) is 22.6. The second-order valence-electron chi connectivity index (χ2n) is 4.73. The van der Waals surface area contributed by atoms with Gasteiger partial charge in [-0.1, -0.05) is 18.2 Å². The number of hydrogen-bond acceptors (Lipinski definition) is 3. The van der Waals surface area contributed by atoms with Crippen molar-refractivity contribution in [2.24, 2.45) is 5.73 Å². The average molecular weight is 258 g/mol. The van der Waals surface area contributed by atoms with E-state index in [1.807, 2.05) is 12.1 Å². The Hall–Kier alpha value is -1.78. The van der Waals surface area contributed by atoms with Crippen LogP contribution in [0.3, 0.4) is 0 Å². The highest BCUT2D eigenvalue weighted by atomic mass is 19.1. The van der Waals surface area contributed by atoms with Gasteiger partial charge in [0.1, 0.15) is 5.82 Å². The molecule has 1 aromatic heterocycles. The molecule has 1 aromatic carbocycles. The summed E-state index contributed by atoms with van der Waals surface area (Å²) < 4.78 is 19.4. The number of hydrogen-bond donors (Lipinski definition) is 1. The Balaban J connectivity index is 1.98. The zero-order valence-electron chi connectivity index (χ0n) is 10.4. The van der Waals surface area contributed by atoms with Gasteiger partial charge in [-0.15, -0.1) is 0 Å². The fourth-order valence-corrected chi connectivity index (χ4v) is 2.41. The van der Waals surface area contributed by atoms with Crippen LogP contribution < -0.4 is 5.73 Å². The number of halogens is 1. The van der Waals surface area contributed by atoms with Gasteiger partial charge >= 0.3 is 0 Å². The zero-order chi connectivity index (χ0) is 13.2. The maximum absolute atomic E-state index is 13.8. The number of nitrogens with two attached hydrogens (primary N) is 1. The van der Waals surface area contributed by atoms with Crippen molar-refractivity contribution in [3.63, 3.8) is 0 Å². The Bertz CT molecular complexity index is 588. The summed E-state index contributed by atoms with van der Waals surface area (Å²) in [6.45, 7) is 0.662. The van der Waals surface area contributed by atoms with Crippen molar-refractivity contribution in [3.8, 4) is 11.1 Å². The lowest BCUT2D eigenvalue weighted by Crippen LogP contribution is -2.23. The molecule has 0 amide bonds. The van der Waals surface area contributed by atoms with Crippen molar-refractivity contribution in [3.05, 3.63) is 54.1 Å². The molecule has 19 heavy (non-hydrogen) atoms. The molecule has 3 nitrogen and oxygen atoms in total. The van der Waals surface area contributed by atoms with Crippen LogP contribution in [0, 0.1) is 5.82 Å². The van der Waals surface area contributed by atoms with Crippen LogP contribution >= 0.6 is 0 Å². The molecular formula is C15H15FN2O. The first-order valence-electron chi connectivity index (χ1n) is 6.33. The third-order valence-corrected chi connectivity index (χ3v) is 3.41. The highest BCUT2D eigenvalue weighted by molar-refractivity contribution is 5.63. The van der Waals surface area contributed by atoms with E-state index in [0.717, 1.165) is 17.5 Å². The number of nitrogens with zero attached hydrogens (tertiary/aromatic N) is 1. The number of aromatic nitrogens is 1. The smallest absolute Gasteiger partial charge is 0.131 e. The van der Waals surface area contributed by atoms with Crippen molar-refractivity contribution in [1.82, 2.24) is 4.98 Å². The van der Waals surface area contributed by atoms with Gasteiger partial charge in [-0.05, 0) is 18.6 Å². The van der Waals surface area contributed by atoms with Crippen molar-refractivity contribution >= 4 is 0 Å². The molecule has 3 rings (SSSR count). The minimum atomic E-state index is -0.252. The highest BCUT2D eigenvalue weighted by Gasteiger charge is 2.26. The molecule has 98 valence electrons. The van der Waals surface area contributed by atoms with Crippen molar-refractivity contribution in [2.45, 2.75) is 18.6 Å². The predicted molar refractivity (Wildman–Crippen MR) is 70.9 cm³/mol. The van der Waals surface area contributed by atoms with E-state index in [4.69, 9.17) is 10.5 Å². The van der Waals surface area contributed by atoms with E-state index >= 15 is 0 Å². The third-order valence-electron chi connectivity index (χ3n) is 3.41. The molecule has 2 aromatic rings. The molecule has 1 saturated heterocycles. The second kappa shape index (κ2) is 5.07. The molecule has 2 heterocycles. The summed E-state index contributed by atoms with van der Waals surface area (Å²) in [5.74, 6) is -0.252. The summed E-state index contributed by atoms with van der Waals surface area (Å²) in [4.78, 5) is 4.18. The lowest BCUT2D eigenvalue weighted by Gasteiger charge is -2.15. The van der Waals surface area contributed by atoms with Gasteiger partial charge in [0.05, 0.1) is 6.10 Å². The molecule has 0 radical (unpaired) electrons. The number of rotatable bonds is 2. The third kappa shape index (κ3) is 2.37. The minimum absolute atomic E-state index is 0.0160. The zero-order valence-corrected chi connectivity index (χ0v) is 10.4. The van der Waals surface area contributed by atoms with Crippen LogP contribution in [0.5, 0.6) is 0 Å². The molecule has 0 unspecified atom stereocenters. The van der Waals surface area contributed by atoms with Crippen LogP contribution in [0.25, 0.3) is 11.1 Å². The van der Waals surface area contributed by atoms with E-state index in [0.29, 0.717) is 12.2 Å². The van der Waals surface area contributed by atoms with Crippen LogP contribution in [0.4, 0.5) is 4.39 Å². The molecule has 0 aliphatic carbocycles. The predicted octanol–water partition coefficient (Wildman–Crippen LogP) is 2.68. The Morgan fingerprint density at radius 1 is 1.26 bits per heavy atom. The molecule has 0 saturated carbocycles. The summed E-state index contributed by atoms with van der Waals surface area (Å²) in [6.07, 6.45) is 4.09. The largest absolute Gasteiger partial charge is 0.372 e. The SMILES string of the molecule is N[C@@H]1CCO[C@H]1c1cncc(-c2ccccc2F)c1. The van der Waals surface area contributed by atoms with Gasteiger partial charge in [-0.3, -0.25) is 4.98 Å². The second-order valence-corrected chi connectivity index (χ2v) is 4.73. The van der Waals surface area contributed by atoms with Gasteiger partial charge in [0.15, 0.2) is 0 Å². The summed E-state index contributed by atoms with van der Waals surface area (Å²) in [5.41, 5.74) is 8.20. The highest BCUT2D eigenvalue weighted by Crippen LogP contribution is 2.30. The number of ether oxygens (including phenoxy) is 1. The molecule has 0 bridgehead atoms. The van der Waals surface area contributed by atoms with Crippen LogP contribution in [0.1, 0.15) is 18.1 Å². The fourth-order valence-electron chi connectivity index (χ4n) is 2.41. The van der Waals surface area contributed by atoms with Gasteiger partial charge in [-0.25, -0.2) is 4.39 Å². The maximum atomic E-state index is 13.8. The summed E-state index contributed by atoms with van der Waals surface area (Å²) in [5, 5.41) is 0. The first-order chi connectivity index (χ1) is 9.25. The summed E-state index contributed by atoms with van der Waals surface area (Å²) in [6, 6.07) is 8.56. The van der Waals surface area contributed by atoms with Crippen molar-refractivity contribution < 1.29 is 9.13 Å². The van der Waals surface area contributed by atoms with Crippen LogP contribution in [-0.4, -0.2) is 17.6 Å². The van der Waals surface area contributed by atoms with E-state index in [9.17, 15) is 4.39 Å². The Morgan fingerprint density at radius 3 is 2.84 bits per heavy atom. The summed E-state index contributed by atoms with van der Waals surface area (Å²) in [7, 11) is 0. The molecule has 1 fully saturated rings. The first-order valence-corrected chi connectivity index (χ1v) is 6.33. The monoisotopic (exact) mass is 258 g/mol. The Kier molecular flexibility index (Phi) is 3.27. The summed E-state index contributed by atoms with van der Waals surface area (Å²) >= 11 is 0. The fraction of sp³-hybridized carbons (Fsp3) is 0.267. The standard InChI is InChI=1S/C15H15FN2O/c16-13-4-2-1-3-12(13)10-7-11(9-18-8-10)15-14(17)5-6-19-15/h1-4,7-9,14-15H,5-6,17H2/t14-,15+/m1/s1. The van der Waals surface area contributed by atoms with E-state index in [2.05, 4.69) is 4.98 Å². The average Bonchev–Trinajstić information content (AvgIpc) is 2.86. The van der Waals surface area contributed by atoms with Gasteiger partial charge < -0.3 is 10.5 Å². The van der Waals surface area contributed by atoms with Gasteiger partial charge in [-0.2, -0.15) is 0 Å². The number of benzene rings is 1. The lowest BCUT2D eigenvalue weighted by atomic mass is 10.0. The molecule has 0 spiro atoms. The van der Waals surface area contributed by atoms with Crippen molar-refractivity contribution in [1.29, 1.82) is 0 Å². The molecule has 2 atom stereocenters. The maximum Gasteiger partial charge on any atom is 0.131 e. The van der Waals surface area contributed by atoms with Gasteiger partial charge in [0, 0.05) is 41.7 Å². The molecular weight excluding hydrogens is 243 g/mol. The van der Waals surface area contributed by atoms with Gasteiger partial charge in [0.25, 0.3) is 0 Å². The Labute approximate surface area is 111 Å². The molecule has 2 N–H and O–H groups in total. The number of pyridine rings is 1.